The Morgan fingerprint density at radius 2 is 2.00 bits per heavy atom. The van der Waals surface area contributed by atoms with Crippen LogP contribution in [0.5, 0.6) is 0 Å². The molecule has 0 bridgehead atoms. The number of rotatable bonds is 7. The van der Waals surface area contributed by atoms with Crippen LogP contribution in [-0.2, 0) is 6.42 Å². The molecule has 0 aliphatic rings. The topological polar surface area (TPSA) is 42.7 Å². The summed E-state index contributed by atoms with van der Waals surface area (Å²) in [6, 6.07) is 0.903. The van der Waals surface area contributed by atoms with Gasteiger partial charge in [0.1, 0.15) is 12.2 Å². The Labute approximate surface area is 111 Å². The van der Waals surface area contributed by atoms with Crippen LogP contribution in [0, 0.1) is 5.41 Å². The van der Waals surface area contributed by atoms with E-state index in [-0.39, 0.29) is 5.41 Å². The van der Waals surface area contributed by atoms with E-state index in [1.807, 2.05) is 4.68 Å². The lowest BCUT2D eigenvalue weighted by molar-refractivity contribution is 0.269. The average molecular weight is 252 g/mol. The predicted molar refractivity (Wildman–Crippen MR) is 75.6 cm³/mol. The Bertz CT molecular complexity index is 356. The number of hydrogen-bond donors (Lipinski definition) is 1. The van der Waals surface area contributed by atoms with Crippen LogP contribution in [-0.4, -0.2) is 27.4 Å². The summed E-state index contributed by atoms with van der Waals surface area (Å²) in [4.78, 5) is 4.42. The van der Waals surface area contributed by atoms with E-state index in [2.05, 4.69) is 56.9 Å². The second kappa shape index (κ2) is 6.32. The van der Waals surface area contributed by atoms with Crippen molar-refractivity contribution in [1.29, 1.82) is 0 Å². The highest BCUT2D eigenvalue weighted by Crippen LogP contribution is 2.25. The Morgan fingerprint density at radius 3 is 2.50 bits per heavy atom. The lowest BCUT2D eigenvalue weighted by Gasteiger charge is -2.29. The fourth-order valence-corrected chi connectivity index (χ4v) is 1.98. The second-order valence-corrected chi connectivity index (χ2v) is 6.09. The van der Waals surface area contributed by atoms with Crippen molar-refractivity contribution >= 4 is 0 Å². The van der Waals surface area contributed by atoms with Gasteiger partial charge in [-0.25, -0.2) is 9.67 Å². The molecule has 4 nitrogen and oxygen atoms in total. The van der Waals surface area contributed by atoms with E-state index in [0.717, 1.165) is 25.2 Å². The predicted octanol–water partition coefficient (Wildman–Crippen LogP) is 2.82. The van der Waals surface area contributed by atoms with Crippen molar-refractivity contribution in [2.45, 2.75) is 66.5 Å². The van der Waals surface area contributed by atoms with Gasteiger partial charge in [-0.2, -0.15) is 5.10 Å². The molecule has 104 valence electrons. The largest absolute Gasteiger partial charge is 0.314 e. The van der Waals surface area contributed by atoms with Crippen LogP contribution in [0.1, 0.15) is 59.8 Å². The Balaban J connectivity index is 2.75. The maximum absolute atomic E-state index is 4.42. The van der Waals surface area contributed by atoms with E-state index < -0.39 is 0 Å². The molecule has 0 fully saturated rings. The number of nitrogens with zero attached hydrogens (tertiary/aromatic N) is 3. The second-order valence-electron chi connectivity index (χ2n) is 6.09. The fourth-order valence-electron chi connectivity index (χ4n) is 1.98. The minimum absolute atomic E-state index is 0.240. The summed E-state index contributed by atoms with van der Waals surface area (Å²) < 4.78 is 2.03. The van der Waals surface area contributed by atoms with Gasteiger partial charge in [0, 0.05) is 25.0 Å². The molecule has 0 aliphatic heterocycles. The van der Waals surface area contributed by atoms with Crippen molar-refractivity contribution in [1.82, 2.24) is 20.1 Å². The van der Waals surface area contributed by atoms with Crippen LogP contribution in [0.2, 0.25) is 0 Å². The molecule has 0 saturated carbocycles. The van der Waals surface area contributed by atoms with E-state index in [0.29, 0.717) is 12.1 Å². The first kappa shape index (κ1) is 15.2. The summed E-state index contributed by atoms with van der Waals surface area (Å²) in [7, 11) is 0. The molecule has 0 aromatic carbocycles. The van der Waals surface area contributed by atoms with Crippen molar-refractivity contribution in [3.05, 3.63) is 12.2 Å². The standard InChI is InChI=1S/C14H28N4/c1-7-14(6,9-15-11(2)3)8-13-16-10-17-18(13)12(4)5/h10-12,15H,7-9H2,1-6H3. The molecule has 1 rings (SSSR count). The van der Waals surface area contributed by atoms with Gasteiger partial charge >= 0.3 is 0 Å². The third kappa shape index (κ3) is 4.09. The smallest absolute Gasteiger partial charge is 0.138 e. The van der Waals surface area contributed by atoms with Gasteiger partial charge in [-0.1, -0.05) is 27.7 Å². The zero-order chi connectivity index (χ0) is 13.8. The maximum Gasteiger partial charge on any atom is 0.138 e. The fraction of sp³-hybridized carbons (Fsp3) is 0.857. The lowest BCUT2D eigenvalue weighted by Crippen LogP contribution is -2.37. The number of aromatic nitrogens is 3. The average Bonchev–Trinajstić information content (AvgIpc) is 2.74. The summed E-state index contributed by atoms with van der Waals surface area (Å²) in [6.45, 7) is 14.3. The van der Waals surface area contributed by atoms with Gasteiger partial charge in [0.25, 0.3) is 0 Å². The summed E-state index contributed by atoms with van der Waals surface area (Å²) in [5.41, 5.74) is 0.240. The lowest BCUT2D eigenvalue weighted by atomic mass is 9.83. The minimum Gasteiger partial charge on any atom is -0.314 e. The summed E-state index contributed by atoms with van der Waals surface area (Å²) in [5, 5.41) is 7.86. The molecule has 0 spiro atoms. The van der Waals surface area contributed by atoms with E-state index >= 15 is 0 Å². The monoisotopic (exact) mass is 252 g/mol. The zero-order valence-corrected chi connectivity index (χ0v) is 12.7. The Kier molecular flexibility index (Phi) is 5.32. The molecule has 1 unspecified atom stereocenters. The summed E-state index contributed by atoms with van der Waals surface area (Å²) >= 11 is 0. The molecule has 1 heterocycles. The van der Waals surface area contributed by atoms with Crippen LogP contribution in [0.25, 0.3) is 0 Å². The zero-order valence-electron chi connectivity index (χ0n) is 12.7. The molecular formula is C14H28N4. The highest BCUT2D eigenvalue weighted by Gasteiger charge is 2.25. The van der Waals surface area contributed by atoms with Gasteiger partial charge in [0.2, 0.25) is 0 Å². The molecule has 0 amide bonds. The van der Waals surface area contributed by atoms with Crippen LogP contribution >= 0.6 is 0 Å². The van der Waals surface area contributed by atoms with Crippen LogP contribution < -0.4 is 5.32 Å². The SMILES string of the molecule is CCC(C)(CNC(C)C)Cc1ncnn1C(C)C. The molecule has 1 aromatic rings. The van der Waals surface area contributed by atoms with Crippen LogP contribution in [0.4, 0.5) is 0 Å². The van der Waals surface area contributed by atoms with Crippen molar-refractivity contribution in [3.8, 4) is 0 Å². The summed E-state index contributed by atoms with van der Waals surface area (Å²) in [6.07, 6.45) is 3.78. The molecule has 0 saturated heterocycles. The first-order valence-electron chi connectivity index (χ1n) is 6.99. The normalized spacial score (nSPS) is 15.3. The molecule has 1 atom stereocenters. The number of hydrogen-bond acceptors (Lipinski definition) is 3. The third-order valence-corrected chi connectivity index (χ3v) is 3.51. The van der Waals surface area contributed by atoms with Crippen molar-refractivity contribution in [3.63, 3.8) is 0 Å². The third-order valence-electron chi connectivity index (χ3n) is 3.51. The maximum atomic E-state index is 4.42. The molecule has 18 heavy (non-hydrogen) atoms. The van der Waals surface area contributed by atoms with Crippen LogP contribution in [0.15, 0.2) is 6.33 Å². The van der Waals surface area contributed by atoms with E-state index in [1.54, 1.807) is 6.33 Å². The first-order valence-corrected chi connectivity index (χ1v) is 6.99. The minimum atomic E-state index is 0.240. The Morgan fingerprint density at radius 1 is 1.33 bits per heavy atom. The van der Waals surface area contributed by atoms with E-state index in [1.165, 1.54) is 0 Å². The van der Waals surface area contributed by atoms with Gasteiger partial charge in [0.05, 0.1) is 0 Å². The van der Waals surface area contributed by atoms with Gasteiger partial charge in [-0.05, 0) is 25.7 Å². The van der Waals surface area contributed by atoms with Crippen molar-refractivity contribution in [2.24, 2.45) is 5.41 Å². The quantitative estimate of drug-likeness (QED) is 0.811. The highest BCUT2D eigenvalue weighted by atomic mass is 15.3. The van der Waals surface area contributed by atoms with Crippen molar-refractivity contribution in [2.75, 3.05) is 6.54 Å². The molecular weight excluding hydrogens is 224 g/mol. The number of nitrogens with one attached hydrogen (secondary N) is 1. The van der Waals surface area contributed by atoms with Crippen molar-refractivity contribution < 1.29 is 0 Å². The van der Waals surface area contributed by atoms with Gasteiger partial charge in [-0.3, -0.25) is 0 Å². The highest BCUT2D eigenvalue weighted by molar-refractivity contribution is 4.94. The molecule has 1 N–H and O–H groups in total. The molecule has 0 radical (unpaired) electrons. The Hall–Kier alpha value is -0.900. The molecule has 4 heteroatoms. The van der Waals surface area contributed by atoms with E-state index in [9.17, 15) is 0 Å². The van der Waals surface area contributed by atoms with Gasteiger partial charge in [0.15, 0.2) is 0 Å². The van der Waals surface area contributed by atoms with Gasteiger partial charge in [-0.15, -0.1) is 0 Å². The van der Waals surface area contributed by atoms with Crippen LogP contribution in [0.3, 0.4) is 0 Å². The van der Waals surface area contributed by atoms with Gasteiger partial charge < -0.3 is 5.32 Å². The first-order chi connectivity index (χ1) is 8.38. The summed E-state index contributed by atoms with van der Waals surface area (Å²) in [5.74, 6) is 1.10. The molecule has 0 aliphatic carbocycles. The molecule has 1 aromatic heterocycles. The van der Waals surface area contributed by atoms with E-state index in [4.69, 9.17) is 0 Å².